The number of hydrogen-bond donors (Lipinski definition) is 1. The molecule has 0 amide bonds. The molecule has 1 aromatic rings. The van der Waals surface area contributed by atoms with E-state index in [9.17, 15) is 5.11 Å². The van der Waals surface area contributed by atoms with Gasteiger partial charge in [0.1, 0.15) is 0 Å². The monoisotopic (exact) mass is 335 g/mol. The summed E-state index contributed by atoms with van der Waals surface area (Å²) in [6, 6.07) is 9.46. The van der Waals surface area contributed by atoms with Gasteiger partial charge in [0.15, 0.2) is 0 Å². The molecular weight excluding hydrogens is 310 g/mol. The smallest absolute Gasteiger partial charge is 0.0678 e. The molecule has 2 fully saturated rings. The quantitative estimate of drug-likeness (QED) is 0.852. The maximum atomic E-state index is 10.7. The largest absolute Gasteiger partial charge is 0.392 e. The number of aliphatic hydroxyl groups excluding tert-OH is 1. The van der Waals surface area contributed by atoms with Gasteiger partial charge in [0.05, 0.1) is 6.10 Å². The van der Waals surface area contributed by atoms with Gasteiger partial charge in [0, 0.05) is 34.5 Å². The summed E-state index contributed by atoms with van der Waals surface area (Å²) in [6.45, 7) is 2.30. The van der Waals surface area contributed by atoms with Gasteiger partial charge in [-0.25, -0.2) is 0 Å². The summed E-state index contributed by atoms with van der Waals surface area (Å²) in [6.07, 6.45) is 2.92. The summed E-state index contributed by atoms with van der Waals surface area (Å²) in [5, 5.41) is 10.7. The van der Waals surface area contributed by atoms with E-state index < -0.39 is 0 Å². The summed E-state index contributed by atoms with van der Waals surface area (Å²) >= 11 is 4.24. The SMILES string of the molecule is O[C@@H]1Cc2ccccc2C12CCN(C1CSCCSC1)CC2. The summed E-state index contributed by atoms with van der Waals surface area (Å²) in [7, 11) is 0. The van der Waals surface area contributed by atoms with Crippen LogP contribution in [-0.2, 0) is 11.8 Å². The average Bonchev–Trinajstić information content (AvgIpc) is 2.75. The fraction of sp³-hybridized carbons (Fsp3) is 0.667. The molecule has 0 unspecified atom stereocenters. The van der Waals surface area contributed by atoms with Gasteiger partial charge in [0.25, 0.3) is 0 Å². The van der Waals surface area contributed by atoms with E-state index in [-0.39, 0.29) is 11.5 Å². The number of piperidine rings is 1. The zero-order chi connectivity index (χ0) is 15.0. The number of rotatable bonds is 1. The van der Waals surface area contributed by atoms with Crippen LogP contribution in [-0.4, -0.2) is 58.3 Å². The Morgan fingerprint density at radius 3 is 2.45 bits per heavy atom. The van der Waals surface area contributed by atoms with E-state index in [1.807, 2.05) is 0 Å². The van der Waals surface area contributed by atoms with Crippen molar-refractivity contribution in [3.63, 3.8) is 0 Å². The molecule has 4 heteroatoms. The van der Waals surface area contributed by atoms with Crippen LogP contribution in [0, 0.1) is 0 Å². The first kappa shape index (κ1) is 15.4. The third-order valence-corrected chi connectivity index (χ3v) is 8.29. The van der Waals surface area contributed by atoms with Crippen molar-refractivity contribution >= 4 is 23.5 Å². The van der Waals surface area contributed by atoms with Crippen molar-refractivity contribution in [1.82, 2.24) is 4.90 Å². The minimum atomic E-state index is -0.176. The molecule has 2 aliphatic heterocycles. The number of benzene rings is 1. The summed E-state index contributed by atoms with van der Waals surface area (Å²) in [4.78, 5) is 2.70. The van der Waals surface area contributed by atoms with Crippen molar-refractivity contribution in [2.45, 2.75) is 36.8 Å². The van der Waals surface area contributed by atoms with Gasteiger partial charge in [0.2, 0.25) is 0 Å². The fourth-order valence-electron chi connectivity index (χ4n) is 4.47. The van der Waals surface area contributed by atoms with E-state index in [4.69, 9.17) is 0 Å². The highest BCUT2D eigenvalue weighted by atomic mass is 32.2. The molecule has 4 rings (SSSR count). The lowest BCUT2D eigenvalue weighted by Gasteiger charge is -2.44. The normalized spacial score (nSPS) is 29.4. The molecule has 1 N–H and O–H groups in total. The lowest BCUT2D eigenvalue weighted by Crippen LogP contribution is -2.51. The Morgan fingerprint density at radius 2 is 1.73 bits per heavy atom. The Hall–Kier alpha value is -0.160. The summed E-state index contributed by atoms with van der Waals surface area (Å²) in [5.41, 5.74) is 2.86. The molecule has 2 saturated heterocycles. The molecule has 22 heavy (non-hydrogen) atoms. The number of aliphatic hydroxyl groups is 1. The maximum absolute atomic E-state index is 10.7. The molecule has 1 aromatic carbocycles. The lowest BCUT2D eigenvalue weighted by molar-refractivity contribution is 0.0361. The van der Waals surface area contributed by atoms with Crippen molar-refractivity contribution in [1.29, 1.82) is 0 Å². The van der Waals surface area contributed by atoms with Gasteiger partial charge >= 0.3 is 0 Å². The van der Waals surface area contributed by atoms with E-state index in [2.05, 4.69) is 52.7 Å². The van der Waals surface area contributed by atoms with E-state index in [1.165, 1.54) is 34.1 Å². The molecule has 2 heterocycles. The number of nitrogens with zero attached hydrogens (tertiary/aromatic N) is 1. The Kier molecular flexibility index (Phi) is 4.46. The van der Waals surface area contributed by atoms with E-state index >= 15 is 0 Å². The Morgan fingerprint density at radius 1 is 1.05 bits per heavy atom. The van der Waals surface area contributed by atoms with Crippen molar-refractivity contribution in [2.75, 3.05) is 36.1 Å². The van der Waals surface area contributed by atoms with Gasteiger partial charge in [-0.15, -0.1) is 0 Å². The third-order valence-electron chi connectivity index (χ3n) is 5.80. The van der Waals surface area contributed by atoms with Gasteiger partial charge in [-0.3, -0.25) is 4.90 Å². The van der Waals surface area contributed by atoms with Crippen molar-refractivity contribution < 1.29 is 5.11 Å². The van der Waals surface area contributed by atoms with Gasteiger partial charge in [-0.1, -0.05) is 24.3 Å². The first-order valence-electron chi connectivity index (χ1n) is 8.45. The first-order chi connectivity index (χ1) is 10.8. The Balaban J connectivity index is 1.49. The Labute approximate surface area is 142 Å². The molecule has 0 saturated carbocycles. The van der Waals surface area contributed by atoms with Crippen molar-refractivity contribution in [3.05, 3.63) is 35.4 Å². The number of likely N-dealkylation sites (tertiary alicyclic amines) is 1. The number of fused-ring (bicyclic) bond motifs is 2. The first-order valence-corrected chi connectivity index (χ1v) is 10.8. The molecule has 120 valence electrons. The highest BCUT2D eigenvalue weighted by Gasteiger charge is 2.48. The standard InChI is InChI=1S/C18H25NOS2/c20-17-11-14-3-1-2-4-16(14)18(17)5-7-19(8-6-18)15-12-21-9-10-22-13-15/h1-4,15,17,20H,5-13H2/t17-/m1/s1. The number of hydrogen-bond acceptors (Lipinski definition) is 4. The third kappa shape index (κ3) is 2.62. The fourth-order valence-corrected chi connectivity index (χ4v) is 7.10. The van der Waals surface area contributed by atoms with Crippen LogP contribution in [0.25, 0.3) is 0 Å². The van der Waals surface area contributed by atoms with Crippen LogP contribution in [0.5, 0.6) is 0 Å². The van der Waals surface area contributed by atoms with E-state index in [1.54, 1.807) is 0 Å². The highest BCUT2D eigenvalue weighted by Crippen LogP contribution is 2.46. The molecule has 0 aromatic heterocycles. The predicted octanol–water partition coefficient (Wildman–Crippen LogP) is 2.79. The highest BCUT2D eigenvalue weighted by molar-refractivity contribution is 8.03. The lowest BCUT2D eigenvalue weighted by atomic mass is 9.72. The molecule has 2 nitrogen and oxygen atoms in total. The zero-order valence-electron chi connectivity index (χ0n) is 13.0. The van der Waals surface area contributed by atoms with Crippen LogP contribution in [0.3, 0.4) is 0 Å². The zero-order valence-corrected chi connectivity index (χ0v) is 14.7. The number of thioether (sulfide) groups is 2. The van der Waals surface area contributed by atoms with Crippen LogP contribution in [0.15, 0.2) is 24.3 Å². The molecule has 0 bridgehead atoms. The molecule has 3 aliphatic rings. The topological polar surface area (TPSA) is 23.5 Å². The summed E-state index contributed by atoms with van der Waals surface area (Å²) in [5.74, 6) is 5.20. The Bertz CT molecular complexity index is 520. The van der Waals surface area contributed by atoms with Gasteiger partial charge < -0.3 is 5.11 Å². The molecule has 1 spiro atoms. The van der Waals surface area contributed by atoms with Crippen molar-refractivity contribution in [2.24, 2.45) is 0 Å². The second-order valence-electron chi connectivity index (χ2n) is 6.87. The van der Waals surface area contributed by atoms with Crippen LogP contribution in [0.2, 0.25) is 0 Å². The molecule has 0 radical (unpaired) electrons. The predicted molar refractivity (Wildman–Crippen MR) is 97.1 cm³/mol. The molecular formula is C18H25NOS2. The van der Waals surface area contributed by atoms with Crippen LogP contribution >= 0.6 is 23.5 Å². The van der Waals surface area contributed by atoms with Gasteiger partial charge in [-0.2, -0.15) is 23.5 Å². The maximum Gasteiger partial charge on any atom is 0.0678 e. The average molecular weight is 336 g/mol. The second-order valence-corrected chi connectivity index (χ2v) is 9.17. The van der Waals surface area contributed by atoms with E-state index in [0.717, 1.165) is 38.4 Å². The molecule has 1 atom stereocenters. The van der Waals surface area contributed by atoms with E-state index in [0.29, 0.717) is 0 Å². The van der Waals surface area contributed by atoms with Crippen LogP contribution in [0.4, 0.5) is 0 Å². The summed E-state index contributed by atoms with van der Waals surface area (Å²) < 4.78 is 0. The second kappa shape index (κ2) is 6.39. The minimum absolute atomic E-state index is 0.0398. The van der Waals surface area contributed by atoms with Crippen LogP contribution < -0.4 is 0 Å². The van der Waals surface area contributed by atoms with Crippen molar-refractivity contribution in [3.8, 4) is 0 Å². The molecule has 1 aliphatic carbocycles. The van der Waals surface area contributed by atoms with Gasteiger partial charge in [-0.05, 0) is 43.5 Å². The minimum Gasteiger partial charge on any atom is -0.392 e. The van der Waals surface area contributed by atoms with Crippen LogP contribution in [0.1, 0.15) is 24.0 Å².